The molecule has 0 aliphatic carbocycles. The van der Waals surface area contributed by atoms with E-state index in [-0.39, 0.29) is 11.8 Å². The lowest BCUT2D eigenvalue weighted by Crippen LogP contribution is -2.23. The number of hydrogen-bond donors (Lipinski definition) is 1. The summed E-state index contributed by atoms with van der Waals surface area (Å²) >= 11 is 1.15. The van der Waals surface area contributed by atoms with Crippen LogP contribution in [0.2, 0.25) is 0 Å². The van der Waals surface area contributed by atoms with E-state index in [9.17, 15) is 9.59 Å². The fraction of sp³-hybridized carbons (Fsp3) is 0.238. The summed E-state index contributed by atoms with van der Waals surface area (Å²) in [6, 6.07) is 11.6. The van der Waals surface area contributed by atoms with Crippen molar-refractivity contribution in [2.75, 3.05) is 6.61 Å². The topological polar surface area (TPSA) is 80.6 Å². The van der Waals surface area contributed by atoms with E-state index in [1.807, 2.05) is 36.5 Å². The number of ether oxygens (including phenoxy) is 1. The number of amidine groups is 1. The molecule has 144 valence electrons. The molecule has 1 aromatic heterocycles. The molecule has 0 atom stereocenters. The van der Waals surface area contributed by atoms with Crippen molar-refractivity contribution in [1.29, 1.82) is 0 Å². The van der Waals surface area contributed by atoms with E-state index >= 15 is 0 Å². The monoisotopic (exact) mass is 395 g/mol. The molecule has 0 bridgehead atoms. The number of benzene rings is 1. The van der Waals surface area contributed by atoms with E-state index in [0.717, 1.165) is 41.6 Å². The van der Waals surface area contributed by atoms with Crippen LogP contribution in [-0.4, -0.2) is 28.6 Å². The average molecular weight is 395 g/mol. The summed E-state index contributed by atoms with van der Waals surface area (Å²) in [7, 11) is 0. The van der Waals surface area contributed by atoms with Gasteiger partial charge in [0.15, 0.2) is 5.17 Å². The van der Waals surface area contributed by atoms with Crippen molar-refractivity contribution in [2.24, 2.45) is 4.99 Å². The lowest BCUT2D eigenvalue weighted by molar-refractivity contribution is -0.117. The number of nitrogens with zero attached hydrogens (tertiary/aromatic N) is 2. The average Bonchev–Trinajstić information content (AvgIpc) is 3.02. The maximum atomic E-state index is 11.9. The van der Waals surface area contributed by atoms with Crippen molar-refractivity contribution in [2.45, 2.75) is 26.7 Å². The predicted molar refractivity (Wildman–Crippen MR) is 111 cm³/mol. The maximum Gasteiger partial charge on any atom is 0.286 e. The van der Waals surface area contributed by atoms with Crippen LogP contribution in [-0.2, 0) is 22.4 Å². The molecule has 0 saturated carbocycles. The van der Waals surface area contributed by atoms with Gasteiger partial charge in [-0.15, -0.1) is 0 Å². The maximum absolute atomic E-state index is 11.9. The highest BCUT2D eigenvalue weighted by Crippen LogP contribution is 2.27. The number of aromatic nitrogens is 1. The Morgan fingerprint density at radius 1 is 1.21 bits per heavy atom. The molecule has 28 heavy (non-hydrogen) atoms. The molecule has 2 aromatic rings. The van der Waals surface area contributed by atoms with Crippen LogP contribution in [0.1, 0.15) is 30.7 Å². The Bertz CT molecular complexity index is 919. The second kappa shape index (κ2) is 9.32. The molecule has 6 nitrogen and oxygen atoms in total. The Labute approximate surface area is 168 Å². The van der Waals surface area contributed by atoms with Gasteiger partial charge in [0.2, 0.25) is 5.91 Å². The van der Waals surface area contributed by atoms with Gasteiger partial charge < -0.3 is 10.1 Å². The smallest absolute Gasteiger partial charge is 0.286 e. The first kappa shape index (κ1) is 19.8. The summed E-state index contributed by atoms with van der Waals surface area (Å²) in [4.78, 5) is 31.7. The summed E-state index contributed by atoms with van der Waals surface area (Å²) in [5, 5.41) is 2.84. The van der Waals surface area contributed by atoms with E-state index in [2.05, 4.69) is 28.3 Å². The first-order chi connectivity index (χ1) is 13.5. The van der Waals surface area contributed by atoms with E-state index in [4.69, 9.17) is 4.74 Å². The third-order valence-corrected chi connectivity index (χ3v) is 4.90. The Morgan fingerprint density at radius 2 is 2.00 bits per heavy atom. The minimum atomic E-state index is -0.351. The number of thioether (sulfide) groups is 1. The minimum Gasteiger partial charge on any atom is -0.493 e. The fourth-order valence-corrected chi connectivity index (χ4v) is 3.37. The highest BCUT2D eigenvalue weighted by atomic mass is 32.2. The zero-order chi connectivity index (χ0) is 19.9. The Morgan fingerprint density at radius 3 is 2.64 bits per heavy atom. The van der Waals surface area contributed by atoms with Gasteiger partial charge >= 0.3 is 0 Å². The third kappa shape index (κ3) is 5.53. The number of hydrogen-bond acceptors (Lipinski definition) is 5. The Kier molecular flexibility index (Phi) is 6.60. The van der Waals surface area contributed by atoms with Crippen LogP contribution in [0.25, 0.3) is 6.08 Å². The number of aliphatic imine (C=N–C) groups is 1. The van der Waals surface area contributed by atoms with Gasteiger partial charge in [0.05, 0.1) is 11.5 Å². The molecule has 0 radical (unpaired) electrons. The van der Waals surface area contributed by atoms with Gasteiger partial charge in [-0.05, 0) is 53.6 Å². The van der Waals surface area contributed by atoms with Gasteiger partial charge in [-0.1, -0.05) is 25.1 Å². The van der Waals surface area contributed by atoms with Gasteiger partial charge in [0.1, 0.15) is 5.75 Å². The summed E-state index contributed by atoms with van der Waals surface area (Å²) < 4.78 is 5.77. The van der Waals surface area contributed by atoms with Gasteiger partial charge in [0, 0.05) is 25.2 Å². The SMILES string of the molecule is CCc1ccc(CCOc2ccc(C=C3SC(NC(C)=O)=NC3=O)cc2)nc1. The number of pyridine rings is 1. The van der Waals surface area contributed by atoms with Gasteiger partial charge in [0.25, 0.3) is 5.91 Å². The van der Waals surface area contributed by atoms with Crippen molar-refractivity contribution in [3.8, 4) is 5.75 Å². The van der Waals surface area contributed by atoms with E-state index < -0.39 is 0 Å². The summed E-state index contributed by atoms with van der Waals surface area (Å²) in [5.41, 5.74) is 3.09. The van der Waals surface area contributed by atoms with Gasteiger partial charge in [-0.2, -0.15) is 4.99 Å². The molecule has 1 N–H and O–H groups in total. The van der Waals surface area contributed by atoms with Crippen molar-refractivity contribution >= 4 is 34.8 Å². The number of nitrogens with one attached hydrogen (secondary N) is 1. The number of carbonyl (C=O) groups is 2. The molecule has 0 unspecified atom stereocenters. The van der Waals surface area contributed by atoms with Crippen LogP contribution < -0.4 is 10.1 Å². The van der Waals surface area contributed by atoms with Crippen molar-refractivity contribution in [3.63, 3.8) is 0 Å². The highest BCUT2D eigenvalue weighted by molar-refractivity contribution is 8.18. The quantitative estimate of drug-likeness (QED) is 0.759. The molecule has 0 saturated heterocycles. The van der Waals surface area contributed by atoms with Crippen LogP contribution in [0.4, 0.5) is 0 Å². The Balaban J connectivity index is 1.52. The molecule has 2 heterocycles. The third-order valence-electron chi connectivity index (χ3n) is 4.00. The number of carbonyl (C=O) groups excluding carboxylic acids is 2. The first-order valence-corrected chi connectivity index (χ1v) is 9.82. The zero-order valence-electron chi connectivity index (χ0n) is 15.8. The Hall–Kier alpha value is -2.93. The van der Waals surface area contributed by atoms with Crippen LogP contribution in [0.3, 0.4) is 0 Å². The molecular formula is C21H21N3O3S. The number of rotatable bonds is 6. The standard InChI is InChI=1S/C21H21N3O3S/c1-3-15-4-7-17(22-13-15)10-11-27-18-8-5-16(6-9-18)12-19-20(26)24-21(28-19)23-14(2)25/h4-9,12-13H,3,10-11H2,1-2H3,(H,23,24,25,26). The molecule has 1 aliphatic heterocycles. The van der Waals surface area contributed by atoms with Crippen molar-refractivity contribution < 1.29 is 14.3 Å². The largest absolute Gasteiger partial charge is 0.493 e. The zero-order valence-corrected chi connectivity index (χ0v) is 16.6. The molecule has 7 heteroatoms. The van der Waals surface area contributed by atoms with Crippen LogP contribution in [0.5, 0.6) is 5.75 Å². The summed E-state index contributed by atoms with van der Waals surface area (Å²) in [6.07, 6.45) is 5.37. The predicted octanol–water partition coefficient (Wildman–Crippen LogP) is 3.37. The lowest BCUT2D eigenvalue weighted by atomic mass is 10.2. The summed E-state index contributed by atoms with van der Waals surface area (Å²) in [5.74, 6) is 0.155. The molecule has 1 aliphatic rings. The van der Waals surface area contributed by atoms with E-state index in [1.165, 1.54) is 12.5 Å². The second-order valence-corrected chi connectivity index (χ2v) is 7.22. The van der Waals surface area contributed by atoms with E-state index in [0.29, 0.717) is 16.7 Å². The number of amides is 2. The lowest BCUT2D eigenvalue weighted by Gasteiger charge is -2.07. The second-order valence-electron chi connectivity index (χ2n) is 6.19. The minimum absolute atomic E-state index is 0.252. The molecule has 1 aromatic carbocycles. The van der Waals surface area contributed by atoms with Crippen LogP contribution in [0, 0.1) is 0 Å². The van der Waals surface area contributed by atoms with Crippen molar-refractivity contribution in [3.05, 3.63) is 64.3 Å². The van der Waals surface area contributed by atoms with E-state index in [1.54, 1.807) is 6.08 Å². The fourth-order valence-electron chi connectivity index (χ4n) is 2.51. The molecule has 0 fully saturated rings. The van der Waals surface area contributed by atoms with Crippen LogP contribution in [0.15, 0.2) is 52.5 Å². The van der Waals surface area contributed by atoms with Crippen molar-refractivity contribution in [1.82, 2.24) is 10.3 Å². The molecule has 0 spiro atoms. The van der Waals surface area contributed by atoms with Gasteiger partial charge in [-0.3, -0.25) is 14.6 Å². The highest BCUT2D eigenvalue weighted by Gasteiger charge is 2.22. The normalized spacial score (nSPS) is 14.9. The molecule has 2 amide bonds. The molecule has 3 rings (SSSR count). The first-order valence-electron chi connectivity index (χ1n) is 9.00. The summed E-state index contributed by atoms with van der Waals surface area (Å²) in [6.45, 7) is 4.03. The van der Waals surface area contributed by atoms with Gasteiger partial charge in [-0.25, -0.2) is 0 Å². The van der Waals surface area contributed by atoms with Crippen LogP contribution >= 0.6 is 11.8 Å². The molecular weight excluding hydrogens is 374 g/mol. The number of aryl methyl sites for hydroxylation is 1.